The fraction of sp³-hybridized carbons (Fsp3) is 0.455. The molecule has 2 heterocycles. The highest BCUT2D eigenvalue weighted by Crippen LogP contribution is 2.33. The lowest BCUT2D eigenvalue weighted by atomic mass is 10.1. The summed E-state index contributed by atoms with van der Waals surface area (Å²) in [7, 11) is 1.73. The molecular formula is C11H13BrN2O2. The quantitative estimate of drug-likeness (QED) is 0.783. The van der Waals surface area contributed by atoms with Gasteiger partial charge < -0.3 is 4.74 Å². The molecule has 1 atom stereocenters. The first-order valence-electron chi connectivity index (χ1n) is 5.24. The van der Waals surface area contributed by atoms with Crippen molar-refractivity contribution in [3.05, 3.63) is 16.7 Å². The summed E-state index contributed by atoms with van der Waals surface area (Å²) >= 11 is 3.28. The number of carbonyl (C=O) groups excluding carboxylic acids is 1. The number of amides is 1. The zero-order valence-electron chi connectivity index (χ0n) is 9.24. The van der Waals surface area contributed by atoms with E-state index in [0.29, 0.717) is 16.2 Å². The van der Waals surface area contributed by atoms with Crippen LogP contribution in [0.5, 0.6) is 5.75 Å². The number of carbonyl (C=O) groups is 1. The highest BCUT2D eigenvalue weighted by Gasteiger charge is 2.32. The molecular weight excluding hydrogens is 272 g/mol. The van der Waals surface area contributed by atoms with Crippen LogP contribution >= 0.6 is 15.9 Å². The third-order valence-corrected chi connectivity index (χ3v) is 2.99. The first kappa shape index (κ1) is 11.4. The van der Waals surface area contributed by atoms with Gasteiger partial charge in [-0.1, -0.05) is 13.3 Å². The van der Waals surface area contributed by atoms with Gasteiger partial charge in [-0.3, -0.25) is 9.69 Å². The number of rotatable bonds is 2. The Morgan fingerprint density at radius 3 is 3.00 bits per heavy atom. The molecule has 1 aliphatic heterocycles. The van der Waals surface area contributed by atoms with E-state index in [0.717, 1.165) is 12.8 Å². The Bertz CT molecular complexity index is 422. The Morgan fingerprint density at radius 1 is 1.56 bits per heavy atom. The summed E-state index contributed by atoms with van der Waals surface area (Å²) in [5.41, 5.74) is 0. The van der Waals surface area contributed by atoms with Crippen molar-refractivity contribution in [2.24, 2.45) is 0 Å². The monoisotopic (exact) mass is 284 g/mol. The van der Waals surface area contributed by atoms with E-state index in [-0.39, 0.29) is 12.0 Å². The number of nitrogens with zero attached hydrogens (tertiary/aromatic N) is 2. The average molecular weight is 285 g/mol. The summed E-state index contributed by atoms with van der Waals surface area (Å²) in [6.45, 7) is 2.03. The number of hydrogen-bond acceptors (Lipinski definition) is 3. The summed E-state index contributed by atoms with van der Waals surface area (Å²) in [5, 5.41) is 0. The van der Waals surface area contributed by atoms with Crippen molar-refractivity contribution in [2.75, 3.05) is 11.9 Å². The van der Waals surface area contributed by atoms with Crippen LogP contribution in [0.2, 0.25) is 0 Å². The molecule has 86 valence electrons. The van der Waals surface area contributed by atoms with Gasteiger partial charge in [0.1, 0.15) is 4.60 Å². The summed E-state index contributed by atoms with van der Waals surface area (Å²) in [5.74, 6) is 1.22. The fourth-order valence-corrected chi connectivity index (χ4v) is 2.01. The van der Waals surface area contributed by atoms with Crippen molar-refractivity contribution >= 4 is 27.7 Å². The maximum atomic E-state index is 11.9. The van der Waals surface area contributed by atoms with E-state index < -0.39 is 0 Å². The molecule has 0 fully saturated rings. The van der Waals surface area contributed by atoms with Gasteiger partial charge in [0, 0.05) is 7.05 Å². The van der Waals surface area contributed by atoms with E-state index >= 15 is 0 Å². The number of aromatic nitrogens is 1. The van der Waals surface area contributed by atoms with Gasteiger partial charge in [0.15, 0.2) is 17.7 Å². The molecule has 0 N–H and O–H groups in total. The van der Waals surface area contributed by atoms with E-state index in [9.17, 15) is 4.79 Å². The minimum atomic E-state index is -0.370. The predicted molar refractivity (Wildman–Crippen MR) is 64.7 cm³/mol. The lowest BCUT2D eigenvalue weighted by Gasteiger charge is -2.30. The fourth-order valence-electron chi connectivity index (χ4n) is 1.71. The number of likely N-dealkylation sites (N-methyl/N-ethyl adjacent to an activating group) is 1. The van der Waals surface area contributed by atoms with Crippen LogP contribution in [0.1, 0.15) is 19.8 Å². The number of anilines is 1. The normalized spacial score (nSPS) is 19.3. The highest BCUT2D eigenvalue weighted by molar-refractivity contribution is 9.10. The van der Waals surface area contributed by atoms with Crippen molar-refractivity contribution in [1.29, 1.82) is 0 Å². The van der Waals surface area contributed by atoms with Gasteiger partial charge in [-0.25, -0.2) is 4.98 Å². The molecule has 0 radical (unpaired) electrons. The lowest BCUT2D eigenvalue weighted by molar-refractivity contribution is -0.126. The van der Waals surface area contributed by atoms with Crippen LogP contribution in [-0.2, 0) is 4.79 Å². The van der Waals surface area contributed by atoms with Crippen molar-refractivity contribution in [3.8, 4) is 5.75 Å². The number of halogens is 1. The Morgan fingerprint density at radius 2 is 2.31 bits per heavy atom. The van der Waals surface area contributed by atoms with Gasteiger partial charge in [-0.05, 0) is 34.5 Å². The SMILES string of the molecule is CCCC1Oc2ccc(Br)nc2N(C)C1=O. The molecule has 0 bridgehead atoms. The van der Waals surface area contributed by atoms with Crippen molar-refractivity contribution in [2.45, 2.75) is 25.9 Å². The van der Waals surface area contributed by atoms with Gasteiger partial charge in [0.05, 0.1) is 0 Å². The molecule has 0 spiro atoms. The second-order valence-corrected chi connectivity index (χ2v) is 4.56. The smallest absolute Gasteiger partial charge is 0.269 e. The summed E-state index contributed by atoms with van der Waals surface area (Å²) in [6, 6.07) is 3.64. The van der Waals surface area contributed by atoms with Crippen molar-refractivity contribution < 1.29 is 9.53 Å². The number of fused-ring (bicyclic) bond motifs is 1. The Hall–Kier alpha value is -1.10. The maximum absolute atomic E-state index is 11.9. The van der Waals surface area contributed by atoms with Crippen molar-refractivity contribution in [3.63, 3.8) is 0 Å². The first-order chi connectivity index (χ1) is 7.63. The van der Waals surface area contributed by atoms with E-state index in [1.165, 1.54) is 0 Å². The van der Waals surface area contributed by atoms with Crippen LogP contribution in [0, 0.1) is 0 Å². The van der Waals surface area contributed by atoms with E-state index in [4.69, 9.17) is 4.74 Å². The second-order valence-electron chi connectivity index (χ2n) is 3.75. The standard InChI is InChI=1S/C11H13BrN2O2/c1-3-4-8-11(15)14(2)10-7(16-8)5-6-9(12)13-10/h5-6,8H,3-4H2,1-2H3. The highest BCUT2D eigenvalue weighted by atomic mass is 79.9. The minimum absolute atomic E-state index is 0.0278. The molecule has 0 saturated carbocycles. The number of hydrogen-bond donors (Lipinski definition) is 0. The van der Waals surface area contributed by atoms with Crippen LogP contribution in [0.25, 0.3) is 0 Å². The predicted octanol–water partition coefficient (Wildman–Crippen LogP) is 2.37. The summed E-state index contributed by atoms with van der Waals surface area (Å²) in [4.78, 5) is 17.7. The Balaban J connectivity index is 2.36. The molecule has 16 heavy (non-hydrogen) atoms. The third-order valence-electron chi connectivity index (χ3n) is 2.55. The van der Waals surface area contributed by atoms with E-state index in [2.05, 4.69) is 20.9 Å². The minimum Gasteiger partial charge on any atom is -0.477 e. The van der Waals surface area contributed by atoms with Crippen LogP contribution in [0.3, 0.4) is 0 Å². The number of pyridine rings is 1. The van der Waals surface area contributed by atoms with Crippen LogP contribution in [0.4, 0.5) is 5.82 Å². The van der Waals surface area contributed by atoms with E-state index in [1.807, 2.05) is 19.1 Å². The Kier molecular flexibility index (Phi) is 3.14. The Labute approximate surface area is 103 Å². The molecule has 1 aromatic rings. The zero-order valence-corrected chi connectivity index (χ0v) is 10.8. The average Bonchev–Trinajstić information content (AvgIpc) is 2.27. The molecule has 1 amide bonds. The molecule has 1 unspecified atom stereocenters. The third kappa shape index (κ3) is 1.91. The largest absolute Gasteiger partial charge is 0.477 e. The van der Waals surface area contributed by atoms with Crippen LogP contribution < -0.4 is 9.64 Å². The topological polar surface area (TPSA) is 42.4 Å². The number of ether oxygens (including phenoxy) is 1. The van der Waals surface area contributed by atoms with Gasteiger partial charge in [-0.15, -0.1) is 0 Å². The molecule has 4 nitrogen and oxygen atoms in total. The molecule has 0 saturated heterocycles. The zero-order chi connectivity index (χ0) is 11.7. The molecule has 0 aromatic carbocycles. The molecule has 2 rings (SSSR count). The van der Waals surface area contributed by atoms with Crippen molar-refractivity contribution in [1.82, 2.24) is 4.98 Å². The van der Waals surface area contributed by atoms with Crippen LogP contribution in [0.15, 0.2) is 16.7 Å². The molecule has 1 aromatic heterocycles. The van der Waals surface area contributed by atoms with E-state index in [1.54, 1.807) is 11.9 Å². The van der Waals surface area contributed by atoms with Gasteiger partial charge in [0.25, 0.3) is 5.91 Å². The van der Waals surface area contributed by atoms with Gasteiger partial charge in [0.2, 0.25) is 0 Å². The molecule has 5 heteroatoms. The first-order valence-corrected chi connectivity index (χ1v) is 6.03. The summed E-state index contributed by atoms with van der Waals surface area (Å²) in [6.07, 6.45) is 1.29. The van der Waals surface area contributed by atoms with Crippen LogP contribution in [-0.4, -0.2) is 24.0 Å². The van der Waals surface area contributed by atoms with Gasteiger partial charge in [-0.2, -0.15) is 0 Å². The molecule has 1 aliphatic rings. The summed E-state index contributed by atoms with van der Waals surface area (Å²) < 4.78 is 6.33. The molecule has 0 aliphatic carbocycles. The maximum Gasteiger partial charge on any atom is 0.269 e. The lowest BCUT2D eigenvalue weighted by Crippen LogP contribution is -2.44. The van der Waals surface area contributed by atoms with Gasteiger partial charge >= 0.3 is 0 Å². The second kappa shape index (κ2) is 4.41.